The number of hydrazone groups is 1. The number of likely N-dealkylation sites (tertiary alicyclic amines) is 1. The van der Waals surface area contributed by atoms with Gasteiger partial charge in [-0.3, -0.25) is 9.59 Å². The number of fused-ring (bicyclic) bond motifs is 1. The van der Waals surface area contributed by atoms with E-state index in [2.05, 4.69) is 4.98 Å². The molecule has 0 N–H and O–H groups in total. The number of hydrogen-bond acceptors (Lipinski definition) is 6. The summed E-state index contributed by atoms with van der Waals surface area (Å²) in [5.74, 6) is 1.10. The van der Waals surface area contributed by atoms with Gasteiger partial charge in [0.1, 0.15) is 5.69 Å². The molecule has 8 heteroatoms. The molecule has 0 bridgehead atoms. The molecule has 0 radical (unpaired) electrons. The van der Waals surface area contributed by atoms with Gasteiger partial charge in [-0.25, -0.2) is 9.99 Å². The summed E-state index contributed by atoms with van der Waals surface area (Å²) in [6.07, 6.45) is 1.31. The molecule has 186 valence electrons. The molecular formula is C28H30N4O4. The summed E-state index contributed by atoms with van der Waals surface area (Å²) in [5, 5.41) is 7.43. The Morgan fingerprint density at radius 3 is 2.42 bits per heavy atom. The third kappa shape index (κ3) is 4.06. The largest absolute Gasteiger partial charge is 0.493 e. The summed E-state index contributed by atoms with van der Waals surface area (Å²) in [6.45, 7) is 4.89. The Morgan fingerprint density at radius 2 is 1.69 bits per heavy atom. The molecule has 0 aliphatic carbocycles. The fourth-order valence-corrected chi connectivity index (χ4v) is 4.98. The molecule has 1 aromatic heterocycles. The number of aromatic nitrogens is 1. The van der Waals surface area contributed by atoms with Crippen LogP contribution in [0, 0.1) is 5.41 Å². The number of amides is 2. The molecule has 2 amide bonds. The van der Waals surface area contributed by atoms with E-state index in [1.54, 1.807) is 25.3 Å². The van der Waals surface area contributed by atoms with Crippen LogP contribution in [0.1, 0.15) is 42.7 Å². The van der Waals surface area contributed by atoms with Gasteiger partial charge in [-0.2, -0.15) is 5.10 Å². The van der Waals surface area contributed by atoms with Gasteiger partial charge in [-0.15, -0.1) is 0 Å². The highest BCUT2D eigenvalue weighted by Crippen LogP contribution is 2.37. The van der Waals surface area contributed by atoms with Crippen molar-refractivity contribution in [1.29, 1.82) is 0 Å². The average molecular weight is 487 g/mol. The number of carbonyl (C=O) groups excluding carboxylic acids is 2. The number of benzene rings is 2. The molecule has 1 fully saturated rings. The molecule has 0 atom stereocenters. The fourth-order valence-electron chi connectivity index (χ4n) is 4.98. The molecule has 5 rings (SSSR count). The van der Waals surface area contributed by atoms with Crippen LogP contribution in [-0.4, -0.2) is 65.8 Å². The van der Waals surface area contributed by atoms with Crippen molar-refractivity contribution in [3.8, 4) is 11.5 Å². The molecule has 2 aromatic carbocycles. The van der Waals surface area contributed by atoms with Gasteiger partial charge in [-0.05, 0) is 57.0 Å². The zero-order chi connectivity index (χ0) is 25.4. The number of ether oxygens (including phenoxy) is 2. The standard InChI is InChI=1S/C28H30N4O4/c1-28(2)25(19-10-12-23(35-3)24(17-19)36-4)30-32(27(28)34)20-13-15-31(16-14-20)26(33)22-11-9-18-7-5-6-8-21(18)29-22/h5-12,17,20H,13-16H2,1-4H3. The van der Waals surface area contributed by atoms with Crippen molar-refractivity contribution in [1.82, 2.24) is 14.9 Å². The minimum atomic E-state index is -0.776. The van der Waals surface area contributed by atoms with Crippen molar-refractivity contribution < 1.29 is 19.1 Å². The Bertz CT molecular complexity index is 1360. The second kappa shape index (κ2) is 9.26. The Balaban J connectivity index is 1.32. The van der Waals surface area contributed by atoms with Crippen LogP contribution >= 0.6 is 0 Å². The summed E-state index contributed by atoms with van der Waals surface area (Å²) < 4.78 is 10.8. The SMILES string of the molecule is COc1ccc(C2=NN(C3CCN(C(=O)c4ccc5ccccc5n4)CC3)C(=O)C2(C)C)cc1OC. The van der Waals surface area contributed by atoms with E-state index in [-0.39, 0.29) is 17.9 Å². The Kier molecular flexibility index (Phi) is 6.12. The van der Waals surface area contributed by atoms with Crippen LogP contribution in [0.3, 0.4) is 0 Å². The third-order valence-electron chi connectivity index (χ3n) is 7.11. The summed E-state index contributed by atoms with van der Waals surface area (Å²) >= 11 is 0. The first kappa shape index (κ1) is 23.8. The van der Waals surface area contributed by atoms with Crippen molar-refractivity contribution in [2.24, 2.45) is 10.5 Å². The van der Waals surface area contributed by atoms with Gasteiger partial charge in [0.05, 0.1) is 36.9 Å². The first-order valence-corrected chi connectivity index (χ1v) is 12.1. The molecule has 0 unspecified atom stereocenters. The van der Waals surface area contributed by atoms with E-state index in [0.717, 1.165) is 16.5 Å². The minimum absolute atomic E-state index is 0.0340. The van der Waals surface area contributed by atoms with Crippen molar-refractivity contribution in [2.45, 2.75) is 32.7 Å². The van der Waals surface area contributed by atoms with Gasteiger partial charge in [0.25, 0.3) is 11.8 Å². The summed E-state index contributed by atoms with van der Waals surface area (Å²) in [6, 6.07) is 17.0. The van der Waals surface area contributed by atoms with Crippen molar-refractivity contribution in [3.63, 3.8) is 0 Å². The van der Waals surface area contributed by atoms with Gasteiger partial charge >= 0.3 is 0 Å². The highest BCUT2D eigenvalue weighted by molar-refractivity contribution is 6.19. The monoisotopic (exact) mass is 486 g/mol. The van der Waals surface area contributed by atoms with Gasteiger partial charge in [0, 0.05) is 24.0 Å². The number of hydrogen-bond donors (Lipinski definition) is 0. The number of para-hydroxylation sites is 1. The molecule has 1 saturated heterocycles. The number of piperidine rings is 1. The summed E-state index contributed by atoms with van der Waals surface area (Å²) in [4.78, 5) is 32.9. The molecule has 0 saturated carbocycles. The number of nitrogens with zero attached hydrogens (tertiary/aromatic N) is 4. The Labute approximate surface area is 210 Å². The molecular weight excluding hydrogens is 456 g/mol. The van der Waals surface area contributed by atoms with Gasteiger partial charge < -0.3 is 14.4 Å². The zero-order valence-corrected chi connectivity index (χ0v) is 21.0. The number of pyridine rings is 1. The van der Waals surface area contributed by atoms with Crippen molar-refractivity contribution in [3.05, 3.63) is 65.9 Å². The highest BCUT2D eigenvalue weighted by atomic mass is 16.5. The minimum Gasteiger partial charge on any atom is -0.493 e. The van der Waals surface area contributed by atoms with Crippen LogP contribution < -0.4 is 9.47 Å². The lowest BCUT2D eigenvalue weighted by Gasteiger charge is -2.35. The van der Waals surface area contributed by atoms with Crippen LogP contribution in [0.15, 0.2) is 59.7 Å². The number of carbonyl (C=O) groups is 2. The first-order chi connectivity index (χ1) is 17.3. The maximum Gasteiger partial charge on any atom is 0.272 e. The first-order valence-electron chi connectivity index (χ1n) is 12.1. The van der Waals surface area contributed by atoms with Crippen LogP contribution in [0.5, 0.6) is 11.5 Å². The third-order valence-corrected chi connectivity index (χ3v) is 7.11. The van der Waals surface area contributed by atoms with Gasteiger partial charge in [-0.1, -0.05) is 24.3 Å². The van der Waals surface area contributed by atoms with Crippen LogP contribution in [-0.2, 0) is 4.79 Å². The van der Waals surface area contributed by atoms with Crippen LogP contribution in [0.25, 0.3) is 10.9 Å². The molecule has 3 aromatic rings. The molecule has 2 aliphatic rings. The predicted octanol–water partition coefficient (Wildman–Crippen LogP) is 4.13. The molecule has 8 nitrogen and oxygen atoms in total. The fraction of sp³-hybridized carbons (Fsp3) is 0.357. The highest BCUT2D eigenvalue weighted by Gasteiger charge is 2.47. The van der Waals surface area contributed by atoms with E-state index in [1.807, 2.05) is 67.3 Å². The summed E-state index contributed by atoms with van der Waals surface area (Å²) in [5.41, 5.74) is 2.00. The maximum absolute atomic E-state index is 13.4. The average Bonchev–Trinajstić information content (AvgIpc) is 3.16. The molecule has 36 heavy (non-hydrogen) atoms. The van der Waals surface area contributed by atoms with E-state index in [1.165, 1.54) is 0 Å². The molecule has 2 aliphatic heterocycles. The quantitative estimate of drug-likeness (QED) is 0.542. The van der Waals surface area contributed by atoms with Crippen LogP contribution in [0.2, 0.25) is 0 Å². The van der Waals surface area contributed by atoms with Gasteiger partial charge in [0.15, 0.2) is 11.5 Å². The van der Waals surface area contributed by atoms with Crippen LogP contribution in [0.4, 0.5) is 0 Å². The topological polar surface area (TPSA) is 84.3 Å². The van der Waals surface area contributed by atoms with E-state index in [4.69, 9.17) is 14.6 Å². The van der Waals surface area contributed by atoms with Gasteiger partial charge in [0.2, 0.25) is 0 Å². The smallest absolute Gasteiger partial charge is 0.272 e. The van der Waals surface area contributed by atoms with Crippen molar-refractivity contribution >= 4 is 28.4 Å². The molecule has 3 heterocycles. The lowest BCUT2D eigenvalue weighted by molar-refractivity contribution is -0.137. The second-order valence-electron chi connectivity index (χ2n) is 9.71. The van der Waals surface area contributed by atoms with E-state index in [9.17, 15) is 9.59 Å². The second-order valence-corrected chi connectivity index (χ2v) is 9.71. The normalized spacial score (nSPS) is 17.9. The lowest BCUT2D eigenvalue weighted by atomic mass is 9.83. The van der Waals surface area contributed by atoms with Crippen molar-refractivity contribution in [2.75, 3.05) is 27.3 Å². The predicted molar refractivity (Wildman–Crippen MR) is 137 cm³/mol. The Morgan fingerprint density at radius 1 is 0.972 bits per heavy atom. The van der Waals surface area contributed by atoms with E-state index in [0.29, 0.717) is 48.8 Å². The summed E-state index contributed by atoms with van der Waals surface area (Å²) in [7, 11) is 3.18. The lowest BCUT2D eigenvalue weighted by Crippen LogP contribution is -2.47. The molecule has 0 spiro atoms. The Hall–Kier alpha value is -3.94. The zero-order valence-electron chi connectivity index (χ0n) is 21.0. The number of rotatable bonds is 5. The number of methoxy groups -OCH3 is 2. The maximum atomic E-state index is 13.4. The van der Waals surface area contributed by atoms with E-state index < -0.39 is 5.41 Å². The van der Waals surface area contributed by atoms with E-state index >= 15 is 0 Å².